The Morgan fingerprint density at radius 2 is 1.92 bits per heavy atom. The van der Waals surface area contributed by atoms with Gasteiger partial charge in [0.25, 0.3) is 5.91 Å². The second kappa shape index (κ2) is 8.94. The highest BCUT2D eigenvalue weighted by Gasteiger charge is 2.34. The highest BCUT2D eigenvalue weighted by Crippen LogP contribution is 2.19. The van der Waals surface area contributed by atoms with Crippen LogP contribution in [0.4, 0.5) is 0 Å². The van der Waals surface area contributed by atoms with Crippen LogP contribution in [0.1, 0.15) is 18.1 Å². The Bertz CT molecular complexity index is 728. The normalized spacial score (nSPS) is 17.8. The Labute approximate surface area is 156 Å². The van der Waals surface area contributed by atoms with Crippen LogP contribution in [0.25, 0.3) is 0 Å². The zero-order valence-electron chi connectivity index (χ0n) is 16.0. The monoisotopic (exact) mass is 384 g/mol. The van der Waals surface area contributed by atoms with Crippen molar-refractivity contribution in [2.75, 3.05) is 46.4 Å². The molecule has 1 fully saturated rings. The number of nitrogens with zero attached hydrogens (tertiary/aromatic N) is 1. The molecular formula is C18H30N3O4S+. The summed E-state index contributed by atoms with van der Waals surface area (Å²) in [4.78, 5) is 13.6. The molecule has 0 spiro atoms. The SMILES string of the molecule is COCCNC(=O)[C@H](C)[NH+]1CCN(S(=O)(=O)c2ccc(C)c(C)c2)CC1. The lowest BCUT2D eigenvalue weighted by Crippen LogP contribution is -3.19. The summed E-state index contributed by atoms with van der Waals surface area (Å²) in [5, 5.41) is 2.84. The number of ether oxygens (including phenoxy) is 1. The Balaban J connectivity index is 1.96. The molecule has 1 heterocycles. The van der Waals surface area contributed by atoms with E-state index in [1.807, 2.05) is 26.8 Å². The first kappa shape index (κ1) is 20.8. The lowest BCUT2D eigenvalue weighted by atomic mass is 10.1. The summed E-state index contributed by atoms with van der Waals surface area (Å²) < 4.78 is 32.2. The molecule has 1 aliphatic heterocycles. The largest absolute Gasteiger partial charge is 0.383 e. The van der Waals surface area contributed by atoms with Crippen LogP contribution in [-0.2, 0) is 19.6 Å². The van der Waals surface area contributed by atoms with Crippen LogP contribution >= 0.6 is 0 Å². The van der Waals surface area contributed by atoms with Crippen molar-refractivity contribution in [2.24, 2.45) is 0 Å². The minimum atomic E-state index is -3.49. The quantitative estimate of drug-likeness (QED) is 0.612. The van der Waals surface area contributed by atoms with Gasteiger partial charge in [-0.2, -0.15) is 4.31 Å². The van der Waals surface area contributed by atoms with Crippen molar-refractivity contribution < 1.29 is 22.8 Å². The topological polar surface area (TPSA) is 80.2 Å². The Hall–Kier alpha value is -1.48. The van der Waals surface area contributed by atoms with E-state index in [4.69, 9.17) is 4.74 Å². The maximum absolute atomic E-state index is 12.9. The number of nitrogens with one attached hydrogen (secondary N) is 2. The molecule has 146 valence electrons. The number of quaternary nitrogens is 1. The predicted octanol–water partition coefficient (Wildman–Crippen LogP) is -0.656. The fraction of sp³-hybridized carbons (Fsp3) is 0.611. The molecule has 0 saturated carbocycles. The van der Waals surface area contributed by atoms with Gasteiger partial charge in [0.15, 0.2) is 6.04 Å². The number of methoxy groups -OCH3 is 1. The molecule has 0 aromatic heterocycles. The van der Waals surface area contributed by atoms with Gasteiger partial charge >= 0.3 is 0 Å². The molecule has 1 aromatic carbocycles. The van der Waals surface area contributed by atoms with E-state index in [0.717, 1.165) is 16.0 Å². The number of sulfonamides is 1. The van der Waals surface area contributed by atoms with E-state index >= 15 is 0 Å². The molecule has 0 aliphatic carbocycles. The Morgan fingerprint density at radius 3 is 2.50 bits per heavy atom. The highest BCUT2D eigenvalue weighted by atomic mass is 32.2. The summed E-state index contributed by atoms with van der Waals surface area (Å²) in [5.74, 6) is -0.0254. The van der Waals surface area contributed by atoms with Gasteiger partial charge in [-0.3, -0.25) is 4.79 Å². The summed E-state index contributed by atoms with van der Waals surface area (Å²) in [6.07, 6.45) is 0. The van der Waals surface area contributed by atoms with Crippen LogP contribution in [0.15, 0.2) is 23.1 Å². The van der Waals surface area contributed by atoms with E-state index in [1.165, 1.54) is 4.31 Å². The highest BCUT2D eigenvalue weighted by molar-refractivity contribution is 7.89. The summed E-state index contributed by atoms with van der Waals surface area (Å²) in [6.45, 7) is 8.79. The molecule has 2 rings (SSSR count). The van der Waals surface area contributed by atoms with Gasteiger partial charge in [0, 0.05) is 13.7 Å². The molecule has 0 bridgehead atoms. The van der Waals surface area contributed by atoms with Crippen LogP contribution in [0.3, 0.4) is 0 Å². The maximum atomic E-state index is 12.9. The summed E-state index contributed by atoms with van der Waals surface area (Å²) in [7, 11) is -1.89. The number of hydrogen-bond acceptors (Lipinski definition) is 4. The third-order valence-electron chi connectivity index (χ3n) is 5.09. The molecule has 26 heavy (non-hydrogen) atoms. The Morgan fingerprint density at radius 1 is 1.27 bits per heavy atom. The minimum absolute atomic E-state index is 0.0254. The molecule has 2 N–H and O–H groups in total. The van der Waals surface area contributed by atoms with E-state index in [2.05, 4.69) is 5.32 Å². The number of rotatable bonds is 7. The third kappa shape index (κ3) is 4.82. The van der Waals surface area contributed by atoms with Crippen LogP contribution < -0.4 is 10.2 Å². The maximum Gasteiger partial charge on any atom is 0.278 e. The van der Waals surface area contributed by atoms with Crippen molar-refractivity contribution in [3.8, 4) is 0 Å². The smallest absolute Gasteiger partial charge is 0.278 e. The summed E-state index contributed by atoms with van der Waals surface area (Å²) in [5.41, 5.74) is 2.04. The average molecular weight is 385 g/mol. The molecule has 0 radical (unpaired) electrons. The molecule has 1 saturated heterocycles. The van der Waals surface area contributed by atoms with Crippen LogP contribution in [-0.4, -0.2) is 71.1 Å². The second-order valence-corrected chi connectivity index (χ2v) is 8.75. The van der Waals surface area contributed by atoms with Crippen LogP contribution in [0.2, 0.25) is 0 Å². The number of aryl methyl sites for hydroxylation is 2. The predicted molar refractivity (Wildman–Crippen MR) is 99.7 cm³/mol. The van der Waals surface area contributed by atoms with Gasteiger partial charge in [-0.05, 0) is 44.0 Å². The lowest BCUT2D eigenvalue weighted by Gasteiger charge is -2.34. The first-order valence-corrected chi connectivity index (χ1v) is 10.4. The molecule has 8 heteroatoms. The van der Waals surface area contributed by atoms with Crippen LogP contribution in [0.5, 0.6) is 0 Å². The molecule has 1 aromatic rings. The van der Waals surface area contributed by atoms with Crippen molar-refractivity contribution in [1.82, 2.24) is 9.62 Å². The number of carbonyl (C=O) groups excluding carboxylic acids is 1. The molecule has 0 unspecified atom stereocenters. The number of amides is 1. The molecule has 1 aliphatic rings. The molecule has 1 amide bonds. The minimum Gasteiger partial charge on any atom is -0.383 e. The van der Waals surface area contributed by atoms with Crippen molar-refractivity contribution in [3.05, 3.63) is 29.3 Å². The van der Waals surface area contributed by atoms with Gasteiger partial charge in [-0.25, -0.2) is 8.42 Å². The van der Waals surface area contributed by atoms with Gasteiger partial charge in [0.1, 0.15) is 0 Å². The first-order chi connectivity index (χ1) is 12.3. The van der Waals surface area contributed by atoms with E-state index in [9.17, 15) is 13.2 Å². The average Bonchev–Trinajstić information content (AvgIpc) is 2.63. The lowest BCUT2D eigenvalue weighted by molar-refractivity contribution is -0.917. The number of carbonyl (C=O) groups is 1. The third-order valence-corrected chi connectivity index (χ3v) is 6.99. The fourth-order valence-electron chi connectivity index (χ4n) is 3.09. The molecule has 1 atom stereocenters. The van der Waals surface area contributed by atoms with Gasteiger partial charge < -0.3 is 15.0 Å². The van der Waals surface area contributed by atoms with Crippen molar-refractivity contribution in [3.63, 3.8) is 0 Å². The zero-order chi connectivity index (χ0) is 19.3. The van der Waals surface area contributed by atoms with Crippen molar-refractivity contribution in [1.29, 1.82) is 0 Å². The summed E-state index contributed by atoms with van der Waals surface area (Å²) in [6, 6.07) is 5.03. The fourth-order valence-corrected chi connectivity index (χ4v) is 4.61. The zero-order valence-corrected chi connectivity index (χ0v) is 16.9. The van der Waals surface area contributed by atoms with Gasteiger partial charge in [0.05, 0.1) is 37.7 Å². The van der Waals surface area contributed by atoms with Crippen molar-refractivity contribution in [2.45, 2.75) is 31.7 Å². The molecular weight excluding hydrogens is 354 g/mol. The second-order valence-electron chi connectivity index (χ2n) is 6.81. The summed E-state index contributed by atoms with van der Waals surface area (Å²) >= 11 is 0. The van der Waals surface area contributed by atoms with Gasteiger partial charge in [-0.1, -0.05) is 6.07 Å². The molecule has 7 nitrogen and oxygen atoms in total. The van der Waals surface area contributed by atoms with Gasteiger partial charge in [0.2, 0.25) is 10.0 Å². The van der Waals surface area contributed by atoms with E-state index < -0.39 is 10.0 Å². The van der Waals surface area contributed by atoms with E-state index in [1.54, 1.807) is 19.2 Å². The van der Waals surface area contributed by atoms with Crippen molar-refractivity contribution >= 4 is 15.9 Å². The standard InChI is InChI=1S/C18H29N3O4S/c1-14-5-6-17(13-15(14)2)26(23,24)21-10-8-20(9-11-21)16(3)18(22)19-7-12-25-4/h5-6,13,16H,7-12H2,1-4H3,(H,19,22)/p+1/t16-/m0/s1. The van der Waals surface area contributed by atoms with E-state index in [-0.39, 0.29) is 11.9 Å². The van der Waals surface area contributed by atoms with E-state index in [0.29, 0.717) is 44.2 Å². The number of hydrogen-bond donors (Lipinski definition) is 2. The van der Waals surface area contributed by atoms with Crippen LogP contribution in [0, 0.1) is 13.8 Å². The first-order valence-electron chi connectivity index (χ1n) is 8.96. The van der Waals surface area contributed by atoms with Gasteiger partial charge in [-0.15, -0.1) is 0 Å². The number of piperazine rings is 1. The number of benzene rings is 1. The Kier molecular flexibility index (Phi) is 7.16.